The number of alkyl halides is 3. The van der Waals surface area contributed by atoms with Crippen LogP contribution in [0.1, 0.15) is 31.9 Å². The third-order valence-electron chi connectivity index (χ3n) is 2.99. The van der Waals surface area contributed by atoms with Gasteiger partial charge in [0.05, 0.1) is 5.56 Å². The molecule has 0 aliphatic carbocycles. The third-order valence-corrected chi connectivity index (χ3v) is 2.99. The highest BCUT2D eigenvalue weighted by Gasteiger charge is 2.35. The molecule has 20 heavy (non-hydrogen) atoms. The van der Waals surface area contributed by atoms with Gasteiger partial charge in [-0.3, -0.25) is 0 Å². The normalized spacial score (nSPS) is 12.8. The summed E-state index contributed by atoms with van der Waals surface area (Å²) >= 11 is 0. The summed E-state index contributed by atoms with van der Waals surface area (Å²) in [5.41, 5.74) is 4.50. The zero-order valence-corrected chi connectivity index (χ0v) is 11.6. The maximum Gasteiger partial charge on any atom is 0.417 e. The van der Waals surface area contributed by atoms with Crippen LogP contribution in [0.2, 0.25) is 0 Å². The van der Waals surface area contributed by atoms with Crippen LogP contribution in [0.15, 0.2) is 23.4 Å². The Balaban J connectivity index is 3.42. The molecule has 4 nitrogen and oxygen atoms in total. The number of halogens is 3. The summed E-state index contributed by atoms with van der Waals surface area (Å²) in [5.74, 6) is -0.559. The molecule has 0 atom stereocenters. The van der Waals surface area contributed by atoms with Gasteiger partial charge in [-0.05, 0) is 39.0 Å². The molecular formula is C13H18F3N3O. The monoisotopic (exact) mass is 289 g/mol. The third kappa shape index (κ3) is 3.34. The summed E-state index contributed by atoms with van der Waals surface area (Å²) in [4.78, 5) is 1.82. The van der Waals surface area contributed by atoms with Crippen LogP contribution in [0.3, 0.4) is 0 Å². The number of anilines is 1. The first-order valence-electron chi connectivity index (χ1n) is 6.18. The van der Waals surface area contributed by atoms with Gasteiger partial charge in [-0.2, -0.15) is 13.2 Å². The number of nitrogens with two attached hydrogens (primary N) is 1. The van der Waals surface area contributed by atoms with E-state index in [9.17, 15) is 13.2 Å². The first-order valence-corrected chi connectivity index (χ1v) is 6.18. The predicted octanol–water partition coefficient (Wildman–Crippen LogP) is 3.03. The van der Waals surface area contributed by atoms with Crippen molar-refractivity contribution in [3.05, 3.63) is 29.3 Å². The molecule has 7 heteroatoms. The van der Waals surface area contributed by atoms with Gasteiger partial charge in [-0.25, -0.2) is 0 Å². The summed E-state index contributed by atoms with van der Waals surface area (Å²) in [5, 5.41) is 11.2. The molecule has 0 aromatic heterocycles. The highest BCUT2D eigenvalue weighted by atomic mass is 19.4. The van der Waals surface area contributed by atoms with Crippen molar-refractivity contribution in [2.75, 3.05) is 11.4 Å². The standard InChI is InChI=1S/C13H18F3N3O/c1-4-19(8(2)3)9-5-6-10(12(17)18-20)11(7-9)13(14,15)16/h5-8,20H,4H2,1-3H3,(H2,17,18). The minimum absolute atomic E-state index is 0.0655. The molecule has 0 bridgehead atoms. The van der Waals surface area contributed by atoms with E-state index < -0.39 is 17.6 Å². The van der Waals surface area contributed by atoms with Gasteiger partial charge in [0.2, 0.25) is 0 Å². The quantitative estimate of drug-likeness (QED) is 0.387. The summed E-state index contributed by atoms with van der Waals surface area (Å²) < 4.78 is 39.2. The second-order valence-electron chi connectivity index (χ2n) is 4.59. The highest BCUT2D eigenvalue weighted by molar-refractivity contribution is 5.99. The fourth-order valence-electron chi connectivity index (χ4n) is 2.07. The predicted molar refractivity (Wildman–Crippen MR) is 72.1 cm³/mol. The van der Waals surface area contributed by atoms with Crippen LogP contribution >= 0.6 is 0 Å². The molecule has 0 heterocycles. The van der Waals surface area contributed by atoms with Crippen LogP contribution in [-0.2, 0) is 6.18 Å². The Morgan fingerprint density at radius 1 is 1.40 bits per heavy atom. The molecule has 0 radical (unpaired) electrons. The molecule has 1 rings (SSSR count). The zero-order chi connectivity index (χ0) is 15.5. The number of hydrogen-bond donors (Lipinski definition) is 2. The maximum absolute atomic E-state index is 13.1. The van der Waals surface area contributed by atoms with Gasteiger partial charge in [0, 0.05) is 23.8 Å². The van der Waals surface area contributed by atoms with Crippen LogP contribution in [0.25, 0.3) is 0 Å². The topological polar surface area (TPSA) is 61.8 Å². The van der Waals surface area contributed by atoms with Gasteiger partial charge in [-0.1, -0.05) is 5.16 Å². The van der Waals surface area contributed by atoms with Crippen LogP contribution in [0.5, 0.6) is 0 Å². The molecule has 0 saturated heterocycles. The summed E-state index contributed by atoms with van der Waals surface area (Å²) in [7, 11) is 0. The number of nitrogens with zero attached hydrogens (tertiary/aromatic N) is 2. The summed E-state index contributed by atoms with van der Waals surface area (Å²) in [6.07, 6.45) is -4.57. The van der Waals surface area contributed by atoms with E-state index in [4.69, 9.17) is 10.9 Å². The fourth-order valence-corrected chi connectivity index (χ4v) is 2.07. The number of hydrogen-bond acceptors (Lipinski definition) is 3. The molecular weight excluding hydrogens is 271 g/mol. The molecule has 112 valence electrons. The Hall–Kier alpha value is -1.92. The van der Waals surface area contributed by atoms with Crippen molar-refractivity contribution in [3.8, 4) is 0 Å². The molecule has 0 saturated carbocycles. The first kappa shape index (κ1) is 16.1. The van der Waals surface area contributed by atoms with Crippen LogP contribution < -0.4 is 10.6 Å². The van der Waals surface area contributed by atoms with Crippen LogP contribution in [0.4, 0.5) is 18.9 Å². The van der Waals surface area contributed by atoms with E-state index in [2.05, 4.69) is 5.16 Å². The Kier molecular flexibility index (Phi) is 4.86. The van der Waals surface area contributed by atoms with Crippen molar-refractivity contribution < 1.29 is 18.4 Å². The number of rotatable bonds is 4. The Bertz CT molecular complexity index is 498. The van der Waals surface area contributed by atoms with Crippen LogP contribution in [0, 0.1) is 0 Å². The lowest BCUT2D eigenvalue weighted by Gasteiger charge is -2.28. The van der Waals surface area contributed by atoms with E-state index in [0.29, 0.717) is 12.2 Å². The SMILES string of the molecule is CCN(c1ccc(/C(N)=N/O)c(C(F)(F)F)c1)C(C)C. The Morgan fingerprint density at radius 3 is 2.40 bits per heavy atom. The van der Waals surface area contributed by atoms with Crippen LogP contribution in [-0.4, -0.2) is 23.6 Å². The highest BCUT2D eigenvalue weighted by Crippen LogP contribution is 2.35. The van der Waals surface area contributed by atoms with E-state index in [1.165, 1.54) is 12.1 Å². The van der Waals surface area contributed by atoms with Gasteiger partial charge in [0.25, 0.3) is 0 Å². The van der Waals surface area contributed by atoms with Crippen molar-refractivity contribution in [1.29, 1.82) is 0 Å². The van der Waals surface area contributed by atoms with Gasteiger partial charge in [0.15, 0.2) is 5.84 Å². The lowest BCUT2D eigenvalue weighted by atomic mass is 10.0. The van der Waals surface area contributed by atoms with E-state index in [0.717, 1.165) is 6.07 Å². The lowest BCUT2D eigenvalue weighted by Crippen LogP contribution is -2.31. The minimum atomic E-state index is -4.57. The molecule has 1 aromatic rings. The van der Waals surface area contributed by atoms with Crippen molar-refractivity contribution in [3.63, 3.8) is 0 Å². The molecule has 0 aliphatic heterocycles. The first-order chi connectivity index (χ1) is 9.22. The average molecular weight is 289 g/mol. The molecule has 1 aromatic carbocycles. The van der Waals surface area contributed by atoms with Crippen molar-refractivity contribution >= 4 is 11.5 Å². The molecule has 0 aliphatic rings. The van der Waals surface area contributed by atoms with E-state index >= 15 is 0 Å². The van der Waals surface area contributed by atoms with Crippen molar-refractivity contribution in [2.45, 2.75) is 33.0 Å². The van der Waals surface area contributed by atoms with E-state index in [1.54, 1.807) is 0 Å². The van der Waals surface area contributed by atoms with E-state index in [1.807, 2.05) is 25.7 Å². The summed E-state index contributed by atoms with van der Waals surface area (Å²) in [6, 6.07) is 3.84. The average Bonchev–Trinajstić information content (AvgIpc) is 2.37. The molecule has 3 N–H and O–H groups in total. The smallest absolute Gasteiger partial charge is 0.409 e. The van der Waals surface area contributed by atoms with Gasteiger partial charge >= 0.3 is 6.18 Å². The van der Waals surface area contributed by atoms with Gasteiger partial charge < -0.3 is 15.8 Å². The van der Waals surface area contributed by atoms with Crippen molar-refractivity contribution in [1.82, 2.24) is 0 Å². The zero-order valence-electron chi connectivity index (χ0n) is 11.6. The lowest BCUT2D eigenvalue weighted by molar-refractivity contribution is -0.137. The Labute approximate surface area is 115 Å². The number of amidine groups is 1. The minimum Gasteiger partial charge on any atom is -0.409 e. The van der Waals surface area contributed by atoms with Gasteiger partial charge in [-0.15, -0.1) is 0 Å². The molecule has 0 spiro atoms. The molecule has 0 unspecified atom stereocenters. The van der Waals surface area contributed by atoms with E-state index in [-0.39, 0.29) is 11.6 Å². The number of benzene rings is 1. The maximum atomic E-state index is 13.1. The molecule has 0 fully saturated rings. The fraction of sp³-hybridized carbons (Fsp3) is 0.462. The summed E-state index contributed by atoms with van der Waals surface area (Å²) in [6.45, 7) is 6.24. The van der Waals surface area contributed by atoms with Gasteiger partial charge in [0.1, 0.15) is 0 Å². The second kappa shape index (κ2) is 6.02. The second-order valence-corrected chi connectivity index (χ2v) is 4.59. The number of oxime groups is 1. The largest absolute Gasteiger partial charge is 0.417 e. The Morgan fingerprint density at radius 2 is 2.00 bits per heavy atom. The molecule has 0 amide bonds. The van der Waals surface area contributed by atoms with Crippen molar-refractivity contribution in [2.24, 2.45) is 10.9 Å².